The van der Waals surface area contributed by atoms with E-state index in [4.69, 9.17) is 10.8 Å². The summed E-state index contributed by atoms with van der Waals surface area (Å²) in [4.78, 5) is 2.17. The number of aliphatic hydroxyl groups excluding tert-OH is 1. The Balaban J connectivity index is 2.49. The van der Waals surface area contributed by atoms with Crippen molar-refractivity contribution in [1.29, 1.82) is 0 Å². The molecule has 0 aliphatic rings. The minimum atomic E-state index is 0.287. The number of rotatable bonds is 6. The number of unbranched alkanes of at least 4 members (excludes halogenated alkanes) is 2. The van der Waals surface area contributed by atoms with Gasteiger partial charge in [0.15, 0.2) is 0 Å². The number of aliphatic hydroxyl groups is 1. The number of hydrogen-bond acceptors (Lipinski definition) is 3. The monoisotopic (exact) mass is 334 g/mol. The molecule has 0 bridgehead atoms. The highest BCUT2D eigenvalue weighted by atomic mass is 127. The first-order chi connectivity index (χ1) is 7.65. The Bertz CT molecular complexity index is 331. The zero-order valence-electron chi connectivity index (χ0n) is 9.62. The molecular weight excluding hydrogens is 315 g/mol. The molecule has 0 saturated carbocycles. The average Bonchev–Trinajstić information content (AvgIpc) is 2.24. The lowest BCUT2D eigenvalue weighted by molar-refractivity contribution is 0.283. The SMILES string of the molecule is CN(CCCCCO)c1ccc(I)cc1N. The Morgan fingerprint density at radius 1 is 1.31 bits per heavy atom. The van der Waals surface area contributed by atoms with E-state index in [1.807, 2.05) is 6.07 Å². The van der Waals surface area contributed by atoms with Crippen LogP contribution in [0.1, 0.15) is 19.3 Å². The molecule has 0 atom stereocenters. The Morgan fingerprint density at radius 2 is 2.06 bits per heavy atom. The predicted octanol–water partition coefficient (Wildman–Crippen LogP) is 2.47. The second-order valence-corrected chi connectivity index (χ2v) is 5.15. The van der Waals surface area contributed by atoms with Crippen molar-refractivity contribution in [3.05, 3.63) is 21.8 Å². The summed E-state index contributed by atoms with van der Waals surface area (Å²) in [5.41, 5.74) is 7.88. The number of nitrogen functional groups attached to an aromatic ring is 1. The number of nitrogens with two attached hydrogens (primary N) is 1. The van der Waals surface area contributed by atoms with Gasteiger partial charge in [-0.2, -0.15) is 0 Å². The molecule has 0 aliphatic heterocycles. The fourth-order valence-electron chi connectivity index (χ4n) is 1.63. The molecule has 16 heavy (non-hydrogen) atoms. The first-order valence-electron chi connectivity index (χ1n) is 5.52. The van der Waals surface area contributed by atoms with Gasteiger partial charge in [0.1, 0.15) is 0 Å². The molecule has 0 fully saturated rings. The second kappa shape index (κ2) is 6.96. The number of halogens is 1. The van der Waals surface area contributed by atoms with Gasteiger partial charge in [0.25, 0.3) is 0 Å². The molecule has 0 saturated heterocycles. The number of hydrogen-bond donors (Lipinski definition) is 2. The smallest absolute Gasteiger partial charge is 0.0598 e. The highest BCUT2D eigenvalue weighted by molar-refractivity contribution is 14.1. The van der Waals surface area contributed by atoms with Crippen LogP contribution in [0.25, 0.3) is 0 Å². The third kappa shape index (κ3) is 4.17. The molecule has 0 aliphatic carbocycles. The predicted molar refractivity (Wildman–Crippen MR) is 77.8 cm³/mol. The van der Waals surface area contributed by atoms with Crippen molar-refractivity contribution in [3.8, 4) is 0 Å². The van der Waals surface area contributed by atoms with Gasteiger partial charge in [-0.1, -0.05) is 0 Å². The molecule has 0 unspecified atom stereocenters. The summed E-state index contributed by atoms with van der Waals surface area (Å²) >= 11 is 2.26. The van der Waals surface area contributed by atoms with Crippen LogP contribution in [0.3, 0.4) is 0 Å². The Labute approximate surface area is 111 Å². The molecule has 1 aromatic rings. The van der Waals surface area contributed by atoms with Crippen molar-refractivity contribution in [3.63, 3.8) is 0 Å². The van der Waals surface area contributed by atoms with Crippen LogP contribution in [0.15, 0.2) is 18.2 Å². The van der Waals surface area contributed by atoms with E-state index in [-0.39, 0.29) is 6.61 Å². The number of anilines is 2. The van der Waals surface area contributed by atoms with E-state index in [9.17, 15) is 0 Å². The van der Waals surface area contributed by atoms with Crippen LogP contribution >= 0.6 is 22.6 Å². The molecule has 0 aromatic heterocycles. The van der Waals surface area contributed by atoms with Gasteiger partial charge in [-0.05, 0) is 60.1 Å². The maximum atomic E-state index is 8.69. The molecule has 1 aromatic carbocycles. The van der Waals surface area contributed by atoms with Crippen molar-refractivity contribution in [1.82, 2.24) is 0 Å². The van der Waals surface area contributed by atoms with Crippen LogP contribution in [0.5, 0.6) is 0 Å². The largest absolute Gasteiger partial charge is 0.397 e. The van der Waals surface area contributed by atoms with E-state index in [0.29, 0.717) is 0 Å². The van der Waals surface area contributed by atoms with Crippen LogP contribution in [0, 0.1) is 3.57 Å². The van der Waals surface area contributed by atoms with Gasteiger partial charge in [0.05, 0.1) is 11.4 Å². The van der Waals surface area contributed by atoms with E-state index >= 15 is 0 Å². The lowest BCUT2D eigenvalue weighted by Gasteiger charge is -2.21. The van der Waals surface area contributed by atoms with Crippen molar-refractivity contribution in [2.24, 2.45) is 0 Å². The van der Waals surface area contributed by atoms with Gasteiger partial charge in [-0.3, -0.25) is 0 Å². The second-order valence-electron chi connectivity index (χ2n) is 3.91. The van der Waals surface area contributed by atoms with Crippen molar-refractivity contribution >= 4 is 34.0 Å². The third-order valence-electron chi connectivity index (χ3n) is 2.55. The van der Waals surface area contributed by atoms with Gasteiger partial charge in [0, 0.05) is 23.8 Å². The van der Waals surface area contributed by atoms with Crippen LogP contribution in [0.4, 0.5) is 11.4 Å². The number of nitrogens with zero attached hydrogens (tertiary/aromatic N) is 1. The molecule has 0 heterocycles. The van der Waals surface area contributed by atoms with Crippen LogP contribution in [-0.2, 0) is 0 Å². The fraction of sp³-hybridized carbons (Fsp3) is 0.500. The molecule has 1 rings (SSSR count). The minimum absolute atomic E-state index is 0.287. The lowest BCUT2D eigenvalue weighted by atomic mass is 10.2. The summed E-state index contributed by atoms with van der Waals surface area (Å²) in [5, 5.41) is 8.69. The number of benzene rings is 1. The standard InChI is InChI=1S/C12H19IN2O/c1-15(7-3-2-4-8-16)12-6-5-10(13)9-11(12)14/h5-6,9,16H,2-4,7-8,14H2,1H3. The summed E-state index contributed by atoms with van der Waals surface area (Å²) in [6.45, 7) is 1.26. The Hall–Kier alpha value is -0.490. The van der Waals surface area contributed by atoms with E-state index in [2.05, 4.69) is 46.7 Å². The van der Waals surface area contributed by atoms with E-state index in [0.717, 1.165) is 40.8 Å². The molecule has 90 valence electrons. The summed E-state index contributed by atoms with van der Waals surface area (Å²) in [6.07, 6.45) is 3.03. The van der Waals surface area contributed by atoms with Gasteiger partial charge in [0.2, 0.25) is 0 Å². The zero-order valence-corrected chi connectivity index (χ0v) is 11.8. The van der Waals surface area contributed by atoms with Gasteiger partial charge in [-0.25, -0.2) is 0 Å². The summed E-state index contributed by atoms with van der Waals surface area (Å²) in [6, 6.07) is 6.11. The van der Waals surface area contributed by atoms with Crippen LogP contribution in [-0.4, -0.2) is 25.3 Å². The van der Waals surface area contributed by atoms with Gasteiger partial charge < -0.3 is 15.7 Å². The Kier molecular flexibility index (Phi) is 5.90. The average molecular weight is 334 g/mol. The fourth-order valence-corrected chi connectivity index (χ4v) is 2.15. The summed E-state index contributed by atoms with van der Waals surface area (Å²) in [5.74, 6) is 0. The molecule has 0 amide bonds. The Morgan fingerprint density at radius 3 is 2.69 bits per heavy atom. The molecular formula is C12H19IN2O. The van der Waals surface area contributed by atoms with Crippen molar-refractivity contribution in [2.75, 3.05) is 30.8 Å². The minimum Gasteiger partial charge on any atom is -0.397 e. The normalized spacial score (nSPS) is 10.4. The van der Waals surface area contributed by atoms with E-state index < -0.39 is 0 Å². The molecule has 4 heteroatoms. The first kappa shape index (κ1) is 13.6. The molecule has 3 N–H and O–H groups in total. The highest BCUT2D eigenvalue weighted by Crippen LogP contribution is 2.24. The quantitative estimate of drug-likeness (QED) is 0.477. The van der Waals surface area contributed by atoms with Crippen molar-refractivity contribution in [2.45, 2.75) is 19.3 Å². The van der Waals surface area contributed by atoms with Crippen LogP contribution < -0.4 is 10.6 Å². The topological polar surface area (TPSA) is 49.5 Å². The van der Waals surface area contributed by atoms with Gasteiger partial charge >= 0.3 is 0 Å². The van der Waals surface area contributed by atoms with E-state index in [1.165, 1.54) is 0 Å². The highest BCUT2D eigenvalue weighted by Gasteiger charge is 2.04. The first-order valence-corrected chi connectivity index (χ1v) is 6.60. The molecule has 0 spiro atoms. The van der Waals surface area contributed by atoms with Gasteiger partial charge in [-0.15, -0.1) is 0 Å². The maximum absolute atomic E-state index is 8.69. The summed E-state index contributed by atoms with van der Waals surface area (Å²) < 4.78 is 1.16. The lowest BCUT2D eigenvalue weighted by Crippen LogP contribution is -2.19. The van der Waals surface area contributed by atoms with Crippen molar-refractivity contribution < 1.29 is 5.11 Å². The summed E-state index contributed by atoms with van der Waals surface area (Å²) in [7, 11) is 2.05. The molecule has 0 radical (unpaired) electrons. The third-order valence-corrected chi connectivity index (χ3v) is 3.22. The van der Waals surface area contributed by atoms with E-state index in [1.54, 1.807) is 0 Å². The maximum Gasteiger partial charge on any atom is 0.0598 e. The van der Waals surface area contributed by atoms with Crippen LogP contribution in [0.2, 0.25) is 0 Å². The zero-order chi connectivity index (χ0) is 12.0. The molecule has 3 nitrogen and oxygen atoms in total.